The van der Waals surface area contributed by atoms with Crippen molar-refractivity contribution in [1.82, 2.24) is 15.0 Å². The monoisotopic (exact) mass is 353 g/mol. The molecule has 0 radical (unpaired) electrons. The van der Waals surface area contributed by atoms with Crippen molar-refractivity contribution in [3.8, 4) is 0 Å². The van der Waals surface area contributed by atoms with E-state index in [4.69, 9.17) is 9.31 Å². The van der Waals surface area contributed by atoms with Gasteiger partial charge in [-0.05, 0) is 47.6 Å². The first-order valence-corrected chi connectivity index (χ1v) is 8.11. The molecule has 1 aliphatic rings. The molecule has 1 N–H and O–H groups in total. The summed E-state index contributed by atoms with van der Waals surface area (Å²) < 4.78 is 42.4. The summed E-state index contributed by atoms with van der Waals surface area (Å²) >= 11 is 0. The highest BCUT2D eigenvalue weighted by molar-refractivity contribution is 6.62. The van der Waals surface area contributed by atoms with Crippen LogP contribution in [0, 0.1) is 11.6 Å². The summed E-state index contributed by atoms with van der Waals surface area (Å²) in [4.78, 5) is 0. The van der Waals surface area contributed by atoms with E-state index >= 15 is 0 Å². The van der Waals surface area contributed by atoms with E-state index in [1.165, 1.54) is 10.7 Å². The molecule has 1 aromatic carbocycles. The third kappa shape index (κ3) is 2.65. The normalized spacial score (nSPS) is 19.8. The number of halogens is 2. The summed E-state index contributed by atoms with van der Waals surface area (Å²) in [6, 6.07) is 1.38. The second-order valence-corrected chi connectivity index (χ2v) is 8.02. The molecular weight excluding hydrogens is 331 g/mol. The fraction of sp³-hybridized carbons (Fsp3) is 0.625. The van der Waals surface area contributed by atoms with Crippen molar-refractivity contribution in [2.75, 3.05) is 6.61 Å². The molecule has 2 heterocycles. The molecule has 1 aromatic heterocycles. The van der Waals surface area contributed by atoms with Gasteiger partial charge in [0.1, 0.15) is 11.0 Å². The number of benzene rings is 1. The second kappa shape index (κ2) is 5.46. The number of aromatic nitrogens is 3. The highest BCUT2D eigenvalue weighted by Gasteiger charge is 2.53. The summed E-state index contributed by atoms with van der Waals surface area (Å²) in [7, 11) is -1.04. The molecular formula is C16H22BF2N3O3. The van der Waals surface area contributed by atoms with E-state index in [1.807, 2.05) is 27.7 Å². The molecule has 9 heteroatoms. The molecule has 0 saturated carbocycles. The molecule has 0 spiro atoms. The lowest BCUT2D eigenvalue weighted by atomic mass is 9.78. The highest BCUT2D eigenvalue weighted by Crippen LogP contribution is 2.37. The average molecular weight is 353 g/mol. The molecule has 3 rings (SSSR count). The maximum absolute atomic E-state index is 14.8. The molecule has 1 aliphatic heterocycles. The van der Waals surface area contributed by atoms with Gasteiger partial charge in [-0.15, -0.1) is 5.10 Å². The number of hydrogen-bond donors (Lipinski definition) is 1. The van der Waals surface area contributed by atoms with Crippen molar-refractivity contribution in [3.05, 3.63) is 17.7 Å². The molecule has 0 amide bonds. The fourth-order valence-electron chi connectivity index (χ4n) is 2.67. The molecule has 2 aromatic rings. The van der Waals surface area contributed by atoms with Crippen LogP contribution in [-0.4, -0.2) is 45.0 Å². The lowest BCUT2D eigenvalue weighted by molar-refractivity contribution is 0.00578. The summed E-state index contributed by atoms with van der Waals surface area (Å²) in [6.07, 6.45) is 0. The minimum Gasteiger partial charge on any atom is -0.399 e. The Morgan fingerprint density at radius 2 is 1.72 bits per heavy atom. The van der Waals surface area contributed by atoms with Crippen LogP contribution >= 0.6 is 0 Å². The Balaban J connectivity index is 2.14. The molecule has 0 atom stereocenters. The van der Waals surface area contributed by atoms with Crippen molar-refractivity contribution in [2.45, 2.75) is 58.3 Å². The van der Waals surface area contributed by atoms with Gasteiger partial charge in [0.25, 0.3) is 0 Å². The first-order valence-electron chi connectivity index (χ1n) is 8.11. The van der Waals surface area contributed by atoms with E-state index in [0.29, 0.717) is 0 Å². The van der Waals surface area contributed by atoms with Crippen LogP contribution in [0.15, 0.2) is 6.07 Å². The topological polar surface area (TPSA) is 69.4 Å². The predicted molar refractivity (Wildman–Crippen MR) is 89.6 cm³/mol. The summed E-state index contributed by atoms with van der Waals surface area (Å²) in [5.41, 5.74) is -2.26. The number of aliphatic hydroxyl groups excluding tert-OH is 1. The van der Waals surface area contributed by atoms with Crippen LogP contribution in [0.1, 0.15) is 41.5 Å². The van der Waals surface area contributed by atoms with Crippen molar-refractivity contribution in [2.24, 2.45) is 0 Å². The molecule has 0 unspecified atom stereocenters. The van der Waals surface area contributed by atoms with Gasteiger partial charge in [-0.1, -0.05) is 5.21 Å². The maximum Gasteiger partial charge on any atom is 0.498 e. The molecule has 136 valence electrons. The number of rotatable bonds is 3. The van der Waals surface area contributed by atoms with Crippen molar-refractivity contribution >= 4 is 23.6 Å². The Hall–Kier alpha value is -1.58. The van der Waals surface area contributed by atoms with E-state index in [0.717, 1.165) is 0 Å². The summed E-state index contributed by atoms with van der Waals surface area (Å²) in [6.45, 7) is 10.3. The van der Waals surface area contributed by atoms with E-state index in [-0.39, 0.29) is 23.1 Å². The van der Waals surface area contributed by atoms with Gasteiger partial charge in [0, 0.05) is 5.46 Å². The molecule has 1 fully saturated rings. The highest BCUT2D eigenvalue weighted by atomic mass is 19.2. The predicted octanol–water partition coefficient (Wildman–Crippen LogP) is 1.74. The standard InChI is InChI=1S/C16H22BF2N3O3/c1-14(2,8-23)22-13-10(20-21-22)7-9(11(18)12(13)19)17-24-15(3,4)16(5,6)25-17/h7,23H,8H2,1-6H3. The quantitative estimate of drug-likeness (QED) is 0.852. The van der Waals surface area contributed by atoms with Crippen molar-refractivity contribution in [1.29, 1.82) is 0 Å². The van der Waals surface area contributed by atoms with Gasteiger partial charge in [0.05, 0.1) is 23.3 Å². The first kappa shape index (κ1) is 18.2. The van der Waals surface area contributed by atoms with E-state index in [2.05, 4.69) is 10.3 Å². The number of aliphatic hydroxyl groups is 1. The maximum atomic E-state index is 14.8. The zero-order valence-electron chi connectivity index (χ0n) is 15.2. The number of fused-ring (bicyclic) bond motifs is 1. The van der Waals surface area contributed by atoms with Crippen LogP contribution in [0.3, 0.4) is 0 Å². The largest absolute Gasteiger partial charge is 0.498 e. The third-order valence-electron chi connectivity index (χ3n) is 5.11. The van der Waals surface area contributed by atoms with Gasteiger partial charge in [-0.3, -0.25) is 0 Å². The molecule has 0 bridgehead atoms. The number of nitrogens with zero attached hydrogens (tertiary/aromatic N) is 3. The van der Waals surface area contributed by atoms with E-state index < -0.39 is 35.5 Å². The minimum absolute atomic E-state index is 0.0579. The Morgan fingerprint density at radius 1 is 1.16 bits per heavy atom. The van der Waals surface area contributed by atoms with Crippen LogP contribution in [0.5, 0.6) is 0 Å². The number of hydrogen-bond acceptors (Lipinski definition) is 5. The van der Waals surface area contributed by atoms with Crippen LogP contribution in [0.4, 0.5) is 8.78 Å². The second-order valence-electron chi connectivity index (χ2n) is 8.02. The average Bonchev–Trinajstić information content (AvgIpc) is 3.02. The zero-order valence-corrected chi connectivity index (χ0v) is 15.2. The van der Waals surface area contributed by atoms with E-state index in [9.17, 15) is 13.9 Å². The van der Waals surface area contributed by atoms with Gasteiger partial charge in [0.2, 0.25) is 0 Å². The minimum atomic E-state index is -1.09. The Bertz CT molecular complexity index is 820. The lowest BCUT2D eigenvalue weighted by Gasteiger charge is -2.32. The van der Waals surface area contributed by atoms with Crippen LogP contribution in [-0.2, 0) is 14.8 Å². The first-order chi connectivity index (χ1) is 11.4. The van der Waals surface area contributed by atoms with Crippen molar-refractivity contribution < 1.29 is 23.2 Å². The molecule has 25 heavy (non-hydrogen) atoms. The zero-order chi connectivity index (χ0) is 18.8. The molecule has 6 nitrogen and oxygen atoms in total. The summed E-state index contributed by atoms with van der Waals surface area (Å²) in [5, 5.41) is 17.3. The SMILES string of the molecule is CC(C)(CO)n1nnc2cc(B3OC(C)(C)C(C)(C)O3)c(F)c(F)c21. The van der Waals surface area contributed by atoms with Gasteiger partial charge in [-0.25, -0.2) is 13.5 Å². The lowest BCUT2D eigenvalue weighted by Crippen LogP contribution is -2.41. The van der Waals surface area contributed by atoms with Gasteiger partial charge in [0.15, 0.2) is 11.6 Å². The van der Waals surface area contributed by atoms with Gasteiger partial charge in [-0.2, -0.15) is 0 Å². The van der Waals surface area contributed by atoms with Gasteiger partial charge >= 0.3 is 7.12 Å². The van der Waals surface area contributed by atoms with Crippen LogP contribution < -0.4 is 5.46 Å². The smallest absolute Gasteiger partial charge is 0.399 e. The third-order valence-corrected chi connectivity index (χ3v) is 5.11. The van der Waals surface area contributed by atoms with Gasteiger partial charge < -0.3 is 14.4 Å². The van der Waals surface area contributed by atoms with Crippen LogP contribution in [0.2, 0.25) is 0 Å². The fourth-order valence-corrected chi connectivity index (χ4v) is 2.67. The summed E-state index contributed by atoms with van der Waals surface area (Å²) in [5.74, 6) is -2.16. The van der Waals surface area contributed by atoms with E-state index in [1.54, 1.807) is 13.8 Å². The Labute approximate surface area is 145 Å². The molecule has 1 saturated heterocycles. The Morgan fingerprint density at radius 3 is 2.24 bits per heavy atom. The Kier molecular flexibility index (Phi) is 3.98. The van der Waals surface area contributed by atoms with Crippen LogP contribution in [0.25, 0.3) is 11.0 Å². The van der Waals surface area contributed by atoms with Crippen molar-refractivity contribution in [3.63, 3.8) is 0 Å². The molecule has 0 aliphatic carbocycles.